The van der Waals surface area contributed by atoms with Crippen LogP contribution in [-0.4, -0.2) is 14.2 Å². The Morgan fingerprint density at radius 2 is 1.71 bits per heavy atom. The van der Waals surface area contributed by atoms with Crippen molar-refractivity contribution in [2.75, 3.05) is 14.2 Å². The van der Waals surface area contributed by atoms with Gasteiger partial charge in [0, 0.05) is 26.7 Å². The van der Waals surface area contributed by atoms with Crippen LogP contribution in [0, 0.1) is 0 Å². The highest BCUT2D eigenvalue weighted by Gasteiger charge is 2.17. The standard InChI is InChI=1S/C16H16Cl3NO/c1-20-15(7-10-3-4-11(17)8-14(10)19)13-6-5-12(18)9-16(13)21-2/h3-6,8-9,15,20H,7H2,1-2H3. The average Bonchev–Trinajstić information content (AvgIpc) is 2.47. The van der Waals surface area contributed by atoms with E-state index in [4.69, 9.17) is 39.5 Å². The quantitative estimate of drug-likeness (QED) is 0.809. The lowest BCUT2D eigenvalue weighted by molar-refractivity contribution is 0.401. The summed E-state index contributed by atoms with van der Waals surface area (Å²) in [6.07, 6.45) is 0.727. The first-order valence-electron chi connectivity index (χ1n) is 6.49. The van der Waals surface area contributed by atoms with E-state index in [0.29, 0.717) is 15.1 Å². The molecule has 5 heteroatoms. The van der Waals surface area contributed by atoms with Crippen LogP contribution in [0.15, 0.2) is 36.4 Å². The van der Waals surface area contributed by atoms with Crippen LogP contribution in [0.25, 0.3) is 0 Å². The Balaban J connectivity index is 2.32. The van der Waals surface area contributed by atoms with E-state index < -0.39 is 0 Å². The molecule has 2 nitrogen and oxygen atoms in total. The van der Waals surface area contributed by atoms with Gasteiger partial charge in [0.2, 0.25) is 0 Å². The molecule has 1 N–H and O–H groups in total. The van der Waals surface area contributed by atoms with Crippen LogP contribution in [-0.2, 0) is 6.42 Å². The summed E-state index contributed by atoms with van der Waals surface area (Å²) in [6.45, 7) is 0. The van der Waals surface area contributed by atoms with Gasteiger partial charge < -0.3 is 10.1 Å². The molecule has 0 saturated heterocycles. The van der Waals surface area contributed by atoms with Gasteiger partial charge in [-0.2, -0.15) is 0 Å². The number of halogens is 3. The summed E-state index contributed by atoms with van der Waals surface area (Å²) < 4.78 is 5.42. The second kappa shape index (κ2) is 7.37. The zero-order valence-electron chi connectivity index (χ0n) is 11.8. The third kappa shape index (κ3) is 4.04. The van der Waals surface area contributed by atoms with Gasteiger partial charge in [-0.1, -0.05) is 46.9 Å². The summed E-state index contributed by atoms with van der Waals surface area (Å²) in [5, 5.41) is 5.23. The van der Waals surface area contributed by atoms with Gasteiger partial charge in [-0.25, -0.2) is 0 Å². The number of nitrogens with one attached hydrogen (secondary N) is 1. The summed E-state index contributed by atoms with van der Waals surface area (Å²) in [6, 6.07) is 11.2. The Hall–Kier alpha value is -0.930. The van der Waals surface area contributed by atoms with Gasteiger partial charge in [-0.05, 0) is 43.3 Å². The SMILES string of the molecule is CNC(Cc1ccc(Cl)cc1Cl)c1ccc(Cl)cc1OC. The van der Waals surface area contributed by atoms with Gasteiger partial charge in [0.15, 0.2) is 0 Å². The van der Waals surface area contributed by atoms with Crippen LogP contribution in [0.1, 0.15) is 17.2 Å². The van der Waals surface area contributed by atoms with Crippen LogP contribution in [0.3, 0.4) is 0 Å². The normalized spacial score (nSPS) is 12.2. The Labute approximate surface area is 140 Å². The molecule has 0 aliphatic rings. The van der Waals surface area contributed by atoms with E-state index in [2.05, 4.69) is 5.32 Å². The molecule has 0 fully saturated rings. The molecule has 2 aromatic carbocycles. The molecular weight excluding hydrogens is 329 g/mol. The van der Waals surface area contributed by atoms with Crippen LogP contribution in [0.2, 0.25) is 15.1 Å². The highest BCUT2D eigenvalue weighted by atomic mass is 35.5. The molecule has 0 aliphatic carbocycles. The lowest BCUT2D eigenvalue weighted by atomic mass is 9.98. The van der Waals surface area contributed by atoms with Gasteiger partial charge in [-0.15, -0.1) is 0 Å². The molecule has 21 heavy (non-hydrogen) atoms. The summed E-state index contributed by atoms with van der Waals surface area (Å²) in [4.78, 5) is 0. The van der Waals surface area contributed by atoms with E-state index in [-0.39, 0.29) is 6.04 Å². The van der Waals surface area contributed by atoms with Crippen molar-refractivity contribution in [3.8, 4) is 5.75 Å². The molecule has 2 aromatic rings. The minimum Gasteiger partial charge on any atom is -0.496 e. The van der Waals surface area contributed by atoms with Crippen molar-refractivity contribution in [3.05, 3.63) is 62.6 Å². The summed E-state index contributed by atoms with van der Waals surface area (Å²) >= 11 is 18.2. The molecule has 1 unspecified atom stereocenters. The van der Waals surface area contributed by atoms with E-state index in [1.165, 1.54) is 0 Å². The Bertz CT molecular complexity index is 631. The van der Waals surface area contributed by atoms with Gasteiger partial charge in [0.05, 0.1) is 7.11 Å². The minimum atomic E-state index is 0.0656. The molecule has 112 valence electrons. The average molecular weight is 345 g/mol. The van der Waals surface area contributed by atoms with Crippen molar-refractivity contribution < 1.29 is 4.74 Å². The fourth-order valence-electron chi connectivity index (χ4n) is 2.25. The molecule has 0 aliphatic heterocycles. The van der Waals surface area contributed by atoms with Crippen LogP contribution < -0.4 is 10.1 Å². The molecule has 0 spiro atoms. The van der Waals surface area contributed by atoms with E-state index in [1.54, 1.807) is 13.2 Å². The van der Waals surface area contributed by atoms with E-state index in [1.807, 2.05) is 37.4 Å². The predicted octanol–water partition coefficient (Wildman–Crippen LogP) is 5.16. The van der Waals surface area contributed by atoms with Crippen molar-refractivity contribution in [1.82, 2.24) is 5.32 Å². The molecule has 0 heterocycles. The van der Waals surface area contributed by atoms with Crippen LogP contribution in [0.4, 0.5) is 0 Å². The molecular formula is C16H16Cl3NO. The topological polar surface area (TPSA) is 21.3 Å². The third-order valence-corrected chi connectivity index (χ3v) is 4.18. The monoisotopic (exact) mass is 343 g/mol. The van der Waals surface area contributed by atoms with Crippen molar-refractivity contribution in [1.29, 1.82) is 0 Å². The molecule has 0 bridgehead atoms. The maximum absolute atomic E-state index is 6.25. The fraction of sp³-hybridized carbons (Fsp3) is 0.250. The molecule has 2 rings (SSSR count). The van der Waals surface area contributed by atoms with Crippen LogP contribution >= 0.6 is 34.8 Å². The number of rotatable bonds is 5. The number of hydrogen-bond acceptors (Lipinski definition) is 2. The highest BCUT2D eigenvalue weighted by Crippen LogP contribution is 2.32. The van der Waals surface area contributed by atoms with Crippen molar-refractivity contribution in [3.63, 3.8) is 0 Å². The van der Waals surface area contributed by atoms with Gasteiger partial charge in [0.1, 0.15) is 5.75 Å². The fourth-order valence-corrected chi connectivity index (χ4v) is 2.90. The van der Waals surface area contributed by atoms with Crippen molar-refractivity contribution >= 4 is 34.8 Å². The first kappa shape index (κ1) is 16.4. The van der Waals surface area contributed by atoms with Crippen molar-refractivity contribution in [2.24, 2.45) is 0 Å². The van der Waals surface area contributed by atoms with E-state index in [9.17, 15) is 0 Å². The summed E-state index contributed by atoms with van der Waals surface area (Å²) in [5.41, 5.74) is 2.06. The second-order valence-electron chi connectivity index (χ2n) is 4.67. The zero-order valence-corrected chi connectivity index (χ0v) is 14.1. The van der Waals surface area contributed by atoms with E-state index >= 15 is 0 Å². The lowest BCUT2D eigenvalue weighted by Crippen LogP contribution is -2.19. The zero-order chi connectivity index (χ0) is 15.4. The van der Waals surface area contributed by atoms with Crippen molar-refractivity contribution in [2.45, 2.75) is 12.5 Å². The smallest absolute Gasteiger partial charge is 0.125 e. The number of methoxy groups -OCH3 is 1. The third-order valence-electron chi connectivity index (χ3n) is 3.36. The van der Waals surface area contributed by atoms with Crippen LogP contribution in [0.5, 0.6) is 5.75 Å². The number of ether oxygens (including phenoxy) is 1. The molecule has 0 aromatic heterocycles. The summed E-state index contributed by atoms with van der Waals surface area (Å²) in [5.74, 6) is 0.756. The lowest BCUT2D eigenvalue weighted by Gasteiger charge is -2.20. The second-order valence-corrected chi connectivity index (χ2v) is 5.95. The first-order valence-corrected chi connectivity index (χ1v) is 7.63. The largest absolute Gasteiger partial charge is 0.496 e. The molecule has 1 atom stereocenters. The van der Waals surface area contributed by atoms with E-state index in [0.717, 1.165) is 23.3 Å². The Morgan fingerprint density at radius 1 is 1.05 bits per heavy atom. The highest BCUT2D eigenvalue weighted by molar-refractivity contribution is 6.35. The van der Waals surface area contributed by atoms with Gasteiger partial charge in [-0.3, -0.25) is 0 Å². The molecule has 0 saturated carbocycles. The molecule has 0 amide bonds. The predicted molar refractivity (Wildman–Crippen MR) is 90.0 cm³/mol. The molecule has 0 radical (unpaired) electrons. The maximum atomic E-state index is 6.25. The number of hydrogen-bond donors (Lipinski definition) is 1. The number of likely N-dealkylation sites (N-methyl/N-ethyl adjacent to an activating group) is 1. The maximum Gasteiger partial charge on any atom is 0.125 e. The summed E-state index contributed by atoms with van der Waals surface area (Å²) in [7, 11) is 3.54. The minimum absolute atomic E-state index is 0.0656. The Morgan fingerprint density at radius 3 is 2.33 bits per heavy atom. The van der Waals surface area contributed by atoms with Gasteiger partial charge >= 0.3 is 0 Å². The first-order chi connectivity index (χ1) is 10.0. The number of benzene rings is 2. The Kier molecular flexibility index (Phi) is 5.77. The van der Waals surface area contributed by atoms with Gasteiger partial charge in [0.25, 0.3) is 0 Å².